The van der Waals surface area contributed by atoms with Crippen molar-refractivity contribution in [1.29, 1.82) is 0 Å². The monoisotopic (exact) mass is 795 g/mol. The number of carbonyl (C=O) groups is 1. The van der Waals surface area contributed by atoms with Gasteiger partial charge < -0.3 is 10.2 Å². The molecule has 10 heteroatoms. The first-order chi connectivity index (χ1) is 25.4. The number of sulfonamides is 1. The summed E-state index contributed by atoms with van der Waals surface area (Å²) >= 11 is 7.73. The van der Waals surface area contributed by atoms with Gasteiger partial charge in [0, 0.05) is 51.9 Å². The molecule has 2 N–H and O–H groups in total. The highest BCUT2D eigenvalue weighted by Crippen LogP contribution is 2.78. The number of ketones is 1. The SMILES string of the molecule is CC1(C)C2CCC(CN(CC3(O)CCC4C56C=CC7(C=C5C(=O)Cc5c(F)cccc5Cl)CC(O)CCC7(C)C6CCC43C)S(=O)(=O)c3cccs3)C1C2. The summed E-state index contributed by atoms with van der Waals surface area (Å²) in [6.45, 7) is 9.57. The minimum Gasteiger partial charge on any atom is -0.393 e. The number of allylic oxidation sites excluding steroid dienone is 4. The fraction of sp³-hybridized carbons (Fsp3) is 0.659. The smallest absolute Gasteiger partial charge is 0.252 e. The van der Waals surface area contributed by atoms with Crippen LogP contribution in [0.4, 0.5) is 4.39 Å². The zero-order chi connectivity index (χ0) is 38.3. The van der Waals surface area contributed by atoms with Crippen molar-refractivity contribution < 1.29 is 27.8 Å². The van der Waals surface area contributed by atoms with Crippen LogP contribution in [0.5, 0.6) is 0 Å². The van der Waals surface area contributed by atoms with Crippen LogP contribution in [-0.4, -0.2) is 53.5 Å². The Balaban J connectivity index is 1.11. The number of thiophene rings is 1. The maximum absolute atomic E-state index is 15.2. The lowest BCUT2D eigenvalue weighted by Gasteiger charge is -2.71. The second-order valence-corrected chi connectivity index (χ2v) is 23.1. The van der Waals surface area contributed by atoms with Gasteiger partial charge >= 0.3 is 0 Å². The Kier molecular flexibility index (Phi) is 8.59. The minimum absolute atomic E-state index is 0.0169. The van der Waals surface area contributed by atoms with Crippen LogP contribution in [0.1, 0.15) is 97.5 Å². The molecule has 0 amide bonds. The third-order valence-electron chi connectivity index (χ3n) is 17.4. The molecule has 2 aromatic rings. The summed E-state index contributed by atoms with van der Waals surface area (Å²) in [5.74, 6) is 0.635. The van der Waals surface area contributed by atoms with Gasteiger partial charge in [-0.3, -0.25) is 4.79 Å². The first kappa shape index (κ1) is 37.7. The number of rotatable bonds is 9. The Morgan fingerprint density at radius 2 is 1.72 bits per heavy atom. The third-order valence-corrected chi connectivity index (χ3v) is 20.9. The Morgan fingerprint density at radius 1 is 0.981 bits per heavy atom. The van der Waals surface area contributed by atoms with E-state index in [0.29, 0.717) is 60.3 Å². The van der Waals surface area contributed by atoms with E-state index in [9.17, 15) is 23.4 Å². The standard InChI is InChI=1S/C44H55ClFNO5S2/c1-39(2)28-11-10-27(31(39)21-28)25-47(54(51,52)38-9-6-20-53-38)26-43(50)17-14-37-41(43,4)16-13-36-40(3)15-12-29(48)23-42(40)18-19-44(36,37)32(24-42)35(49)22-30-33(45)7-5-8-34(30)46/h5-9,18-20,24,27-29,31,36-37,48,50H,10-17,21-23,25-26H2,1-4H3. The Morgan fingerprint density at radius 3 is 2.43 bits per heavy atom. The van der Waals surface area contributed by atoms with Crippen molar-refractivity contribution in [1.82, 2.24) is 4.31 Å². The second kappa shape index (κ2) is 12.3. The van der Waals surface area contributed by atoms with Crippen molar-refractivity contribution in [3.05, 3.63) is 75.9 Å². The van der Waals surface area contributed by atoms with E-state index in [-0.39, 0.29) is 57.9 Å². The molecule has 1 aromatic carbocycles. The zero-order valence-corrected chi connectivity index (χ0v) is 34.4. The molecule has 6 saturated carbocycles. The summed E-state index contributed by atoms with van der Waals surface area (Å²) in [6.07, 6.45) is 13.8. The number of halogens is 2. The predicted molar refractivity (Wildman–Crippen MR) is 210 cm³/mol. The molecule has 9 aliphatic carbocycles. The summed E-state index contributed by atoms with van der Waals surface area (Å²) in [5, 5.41) is 26.3. The lowest BCUT2D eigenvalue weighted by atomic mass is 9.32. The fourth-order valence-corrected chi connectivity index (χ4v) is 17.1. The molecule has 0 saturated heterocycles. The van der Waals surface area contributed by atoms with Crippen molar-refractivity contribution in [2.24, 2.45) is 56.7 Å². The maximum atomic E-state index is 15.2. The zero-order valence-electron chi connectivity index (χ0n) is 32.0. The van der Waals surface area contributed by atoms with E-state index in [1.807, 2.05) is 0 Å². The number of aliphatic hydroxyl groups excluding tert-OH is 1. The van der Waals surface area contributed by atoms with Gasteiger partial charge in [0.2, 0.25) is 0 Å². The number of fused-ring (bicyclic) bond motifs is 3. The summed E-state index contributed by atoms with van der Waals surface area (Å²) < 4.78 is 46.4. The van der Waals surface area contributed by atoms with Gasteiger partial charge in [0.1, 0.15) is 10.0 Å². The highest BCUT2D eigenvalue weighted by Gasteiger charge is 2.74. The van der Waals surface area contributed by atoms with E-state index in [0.717, 1.165) is 32.1 Å². The lowest BCUT2D eigenvalue weighted by molar-refractivity contribution is -0.177. The Hall–Kier alpha value is -1.88. The maximum Gasteiger partial charge on any atom is 0.252 e. The lowest BCUT2D eigenvalue weighted by Crippen LogP contribution is -2.67. The van der Waals surface area contributed by atoms with E-state index in [1.54, 1.807) is 34.0 Å². The second-order valence-electron chi connectivity index (χ2n) is 19.5. The summed E-state index contributed by atoms with van der Waals surface area (Å²) in [5.41, 5.74) is -2.45. The van der Waals surface area contributed by atoms with Gasteiger partial charge in [0.25, 0.3) is 10.0 Å². The molecule has 292 valence electrons. The number of hydrogen-bond donors (Lipinski definition) is 2. The van der Waals surface area contributed by atoms with E-state index in [1.165, 1.54) is 17.4 Å². The molecular weight excluding hydrogens is 741 g/mol. The van der Waals surface area contributed by atoms with Crippen LogP contribution in [0.2, 0.25) is 5.02 Å². The summed E-state index contributed by atoms with van der Waals surface area (Å²) in [6, 6.07) is 7.96. The molecule has 54 heavy (non-hydrogen) atoms. The van der Waals surface area contributed by atoms with Gasteiger partial charge in [-0.2, -0.15) is 4.31 Å². The van der Waals surface area contributed by atoms with Crippen LogP contribution in [0, 0.1) is 62.5 Å². The molecule has 1 heterocycles. The number of nitrogens with zero attached hydrogens (tertiary/aromatic N) is 1. The first-order valence-corrected chi connectivity index (χ1v) is 23.0. The van der Waals surface area contributed by atoms with E-state index < -0.39 is 43.8 Å². The molecule has 4 bridgehead atoms. The van der Waals surface area contributed by atoms with Gasteiger partial charge in [-0.25, -0.2) is 12.8 Å². The van der Waals surface area contributed by atoms with Crippen LogP contribution in [0.15, 0.2) is 63.7 Å². The molecule has 11 unspecified atom stereocenters. The van der Waals surface area contributed by atoms with Crippen molar-refractivity contribution >= 4 is 38.7 Å². The van der Waals surface area contributed by atoms with Gasteiger partial charge in [0.05, 0.1) is 11.7 Å². The number of aliphatic hydroxyl groups is 2. The average molecular weight is 797 g/mol. The summed E-state index contributed by atoms with van der Waals surface area (Å²) in [7, 11) is -3.88. The van der Waals surface area contributed by atoms with Crippen LogP contribution >= 0.6 is 22.9 Å². The number of hydrogen-bond acceptors (Lipinski definition) is 6. The fourth-order valence-electron chi connectivity index (χ4n) is 14.1. The molecule has 11 atom stereocenters. The van der Waals surface area contributed by atoms with E-state index >= 15 is 4.39 Å². The Bertz CT molecular complexity index is 2030. The molecule has 2 spiro atoms. The van der Waals surface area contributed by atoms with Crippen molar-refractivity contribution in [2.45, 2.75) is 114 Å². The summed E-state index contributed by atoms with van der Waals surface area (Å²) in [4.78, 5) is 14.8. The van der Waals surface area contributed by atoms with E-state index in [4.69, 9.17) is 11.6 Å². The predicted octanol–water partition coefficient (Wildman–Crippen LogP) is 9.01. The number of benzene rings is 1. The molecule has 9 aliphatic rings. The van der Waals surface area contributed by atoms with Gasteiger partial charge in [-0.15, -0.1) is 11.3 Å². The molecule has 11 rings (SSSR count). The quantitative estimate of drug-likeness (QED) is 0.247. The van der Waals surface area contributed by atoms with Crippen molar-refractivity contribution in [3.63, 3.8) is 0 Å². The third kappa shape index (κ3) is 4.96. The minimum atomic E-state index is -3.88. The molecule has 6 fully saturated rings. The molecule has 6 nitrogen and oxygen atoms in total. The number of Topliss-reactive ketones (excluding diaryl/α,β-unsaturated/α-hetero) is 1. The van der Waals surface area contributed by atoms with Crippen LogP contribution < -0.4 is 0 Å². The normalized spacial score (nSPS) is 42.9. The molecule has 1 aromatic heterocycles. The molecule has 0 radical (unpaired) electrons. The molecular formula is C44H55ClFNO5S2. The van der Waals surface area contributed by atoms with Crippen LogP contribution in [-0.2, 0) is 21.2 Å². The van der Waals surface area contributed by atoms with Gasteiger partial charge in [-0.1, -0.05) is 69.7 Å². The topological polar surface area (TPSA) is 94.9 Å². The van der Waals surface area contributed by atoms with Crippen molar-refractivity contribution in [3.8, 4) is 0 Å². The highest BCUT2D eigenvalue weighted by atomic mass is 35.5. The van der Waals surface area contributed by atoms with Gasteiger partial charge in [0.15, 0.2) is 5.78 Å². The van der Waals surface area contributed by atoms with Crippen LogP contribution in [0.25, 0.3) is 0 Å². The Labute approximate surface area is 329 Å². The van der Waals surface area contributed by atoms with Crippen molar-refractivity contribution in [2.75, 3.05) is 13.1 Å². The first-order valence-electron chi connectivity index (χ1n) is 20.3. The largest absolute Gasteiger partial charge is 0.393 e. The van der Waals surface area contributed by atoms with E-state index in [2.05, 4.69) is 45.9 Å². The van der Waals surface area contributed by atoms with Gasteiger partial charge in [-0.05, 0) is 128 Å². The van der Waals surface area contributed by atoms with Crippen LogP contribution in [0.3, 0.4) is 0 Å². The highest BCUT2D eigenvalue weighted by molar-refractivity contribution is 7.91. The molecule has 0 aliphatic heterocycles. The average Bonchev–Trinajstić information content (AvgIpc) is 3.77. The number of carbonyl (C=O) groups excluding carboxylic acids is 1.